The van der Waals surface area contributed by atoms with Gasteiger partial charge in [0, 0.05) is 5.56 Å². The molecule has 27 heavy (non-hydrogen) atoms. The normalized spacial score (nSPS) is 10.0. The predicted molar refractivity (Wildman–Crippen MR) is 98.4 cm³/mol. The third-order valence-electron chi connectivity index (χ3n) is 3.43. The van der Waals surface area contributed by atoms with E-state index in [2.05, 4.69) is 5.32 Å². The van der Waals surface area contributed by atoms with E-state index in [9.17, 15) is 14.4 Å². The number of halogens is 1. The van der Waals surface area contributed by atoms with Crippen molar-refractivity contribution in [2.75, 3.05) is 26.1 Å². The van der Waals surface area contributed by atoms with E-state index >= 15 is 0 Å². The molecule has 0 fully saturated rings. The summed E-state index contributed by atoms with van der Waals surface area (Å²) < 4.78 is 15.1. The third kappa shape index (κ3) is 4.89. The van der Waals surface area contributed by atoms with Crippen molar-refractivity contribution < 1.29 is 28.6 Å². The highest BCUT2D eigenvalue weighted by molar-refractivity contribution is 6.32. The molecule has 8 nitrogen and oxygen atoms in total. The van der Waals surface area contributed by atoms with Gasteiger partial charge in [0.05, 0.1) is 30.5 Å². The molecule has 0 aliphatic carbocycles. The van der Waals surface area contributed by atoms with E-state index in [0.717, 1.165) is 0 Å². The van der Waals surface area contributed by atoms with E-state index in [4.69, 9.17) is 31.5 Å². The molecule has 0 bridgehead atoms. The topological polar surface area (TPSA) is 117 Å². The number of hydrogen-bond acceptors (Lipinski definition) is 6. The fraction of sp³-hybridized carbons (Fsp3) is 0.167. The molecule has 0 atom stereocenters. The highest BCUT2D eigenvalue weighted by Gasteiger charge is 2.19. The SMILES string of the molecule is COC(=O)c1ccccc1NC(=O)c1cc(Cl)c(OCC(N)=O)c(OC)c1. The van der Waals surface area contributed by atoms with Gasteiger partial charge in [0.1, 0.15) is 0 Å². The Morgan fingerprint density at radius 3 is 2.48 bits per heavy atom. The van der Waals surface area contributed by atoms with E-state index in [1.807, 2.05) is 0 Å². The largest absolute Gasteiger partial charge is 0.493 e. The lowest BCUT2D eigenvalue weighted by Gasteiger charge is -2.14. The van der Waals surface area contributed by atoms with Crippen molar-refractivity contribution in [2.45, 2.75) is 0 Å². The van der Waals surface area contributed by atoms with Gasteiger partial charge in [-0.15, -0.1) is 0 Å². The predicted octanol–water partition coefficient (Wildman–Crippen LogP) is 2.25. The average molecular weight is 393 g/mol. The Morgan fingerprint density at radius 1 is 1.15 bits per heavy atom. The summed E-state index contributed by atoms with van der Waals surface area (Å²) in [5.74, 6) is -1.57. The monoisotopic (exact) mass is 392 g/mol. The number of nitrogens with one attached hydrogen (secondary N) is 1. The molecule has 2 amide bonds. The number of amides is 2. The number of rotatable bonds is 7. The quantitative estimate of drug-likeness (QED) is 0.698. The van der Waals surface area contributed by atoms with E-state index in [1.54, 1.807) is 18.2 Å². The molecule has 0 unspecified atom stereocenters. The van der Waals surface area contributed by atoms with Gasteiger partial charge >= 0.3 is 5.97 Å². The van der Waals surface area contributed by atoms with E-state index < -0.39 is 24.4 Å². The fourth-order valence-corrected chi connectivity index (χ4v) is 2.47. The number of para-hydroxylation sites is 1. The second kappa shape index (κ2) is 8.91. The maximum absolute atomic E-state index is 12.6. The van der Waals surface area contributed by atoms with Crippen LogP contribution in [0.2, 0.25) is 5.02 Å². The molecule has 9 heteroatoms. The first-order valence-electron chi connectivity index (χ1n) is 7.64. The molecule has 0 radical (unpaired) electrons. The van der Waals surface area contributed by atoms with Crippen LogP contribution >= 0.6 is 11.6 Å². The minimum atomic E-state index is -0.686. The summed E-state index contributed by atoms with van der Waals surface area (Å²) in [5, 5.41) is 2.68. The van der Waals surface area contributed by atoms with Crippen LogP contribution in [-0.2, 0) is 9.53 Å². The Morgan fingerprint density at radius 2 is 1.85 bits per heavy atom. The lowest BCUT2D eigenvalue weighted by atomic mass is 10.1. The number of esters is 1. The smallest absolute Gasteiger partial charge is 0.339 e. The van der Waals surface area contributed by atoms with Crippen LogP contribution in [0.3, 0.4) is 0 Å². The standard InChI is InChI=1S/C18H17ClN2O6/c1-25-14-8-10(7-12(19)16(14)27-9-15(20)22)17(23)21-13-6-4-3-5-11(13)18(24)26-2/h3-8H,9H2,1-2H3,(H2,20,22)(H,21,23). The summed E-state index contributed by atoms with van der Waals surface area (Å²) in [6.07, 6.45) is 0. The van der Waals surface area contributed by atoms with E-state index in [0.29, 0.717) is 0 Å². The van der Waals surface area contributed by atoms with Crippen molar-refractivity contribution in [1.82, 2.24) is 0 Å². The van der Waals surface area contributed by atoms with Crippen LogP contribution in [0, 0.1) is 0 Å². The van der Waals surface area contributed by atoms with Gasteiger partial charge in [-0.1, -0.05) is 23.7 Å². The first-order valence-corrected chi connectivity index (χ1v) is 8.02. The summed E-state index contributed by atoms with van der Waals surface area (Å²) >= 11 is 6.14. The van der Waals surface area contributed by atoms with Crippen LogP contribution in [0.1, 0.15) is 20.7 Å². The third-order valence-corrected chi connectivity index (χ3v) is 3.71. The van der Waals surface area contributed by atoms with Gasteiger partial charge in [0.25, 0.3) is 11.8 Å². The lowest BCUT2D eigenvalue weighted by Crippen LogP contribution is -2.20. The number of nitrogens with two attached hydrogens (primary N) is 1. The molecule has 0 aliphatic rings. The molecule has 0 aromatic heterocycles. The van der Waals surface area contributed by atoms with Crippen molar-refractivity contribution in [3.05, 3.63) is 52.5 Å². The number of carbonyl (C=O) groups is 3. The minimum Gasteiger partial charge on any atom is -0.493 e. The number of primary amides is 1. The number of benzene rings is 2. The number of methoxy groups -OCH3 is 2. The second-order valence-electron chi connectivity index (χ2n) is 5.24. The van der Waals surface area contributed by atoms with Crippen LogP contribution < -0.4 is 20.5 Å². The second-order valence-corrected chi connectivity index (χ2v) is 5.64. The maximum atomic E-state index is 12.6. The highest BCUT2D eigenvalue weighted by Crippen LogP contribution is 2.36. The summed E-state index contributed by atoms with van der Waals surface area (Å²) in [7, 11) is 2.60. The molecule has 3 N–H and O–H groups in total. The van der Waals surface area contributed by atoms with Gasteiger partial charge in [-0.05, 0) is 24.3 Å². The Bertz CT molecular complexity index is 884. The van der Waals surface area contributed by atoms with Gasteiger partial charge in [-0.2, -0.15) is 0 Å². The van der Waals surface area contributed by atoms with Crippen molar-refractivity contribution in [1.29, 1.82) is 0 Å². The van der Waals surface area contributed by atoms with Gasteiger partial charge < -0.3 is 25.3 Å². The molecule has 0 spiro atoms. The number of ether oxygens (including phenoxy) is 3. The number of hydrogen-bond donors (Lipinski definition) is 2. The van der Waals surface area contributed by atoms with Crippen molar-refractivity contribution in [3.8, 4) is 11.5 Å². The molecule has 2 aromatic carbocycles. The zero-order valence-electron chi connectivity index (χ0n) is 14.6. The molecule has 2 rings (SSSR count). The Hall–Kier alpha value is -3.26. The van der Waals surface area contributed by atoms with Gasteiger partial charge in [-0.25, -0.2) is 4.79 Å². The fourth-order valence-electron chi connectivity index (χ4n) is 2.21. The van der Waals surface area contributed by atoms with Crippen molar-refractivity contribution in [2.24, 2.45) is 5.73 Å². The molecule has 2 aromatic rings. The number of anilines is 1. The zero-order valence-corrected chi connectivity index (χ0v) is 15.3. The Labute approximate surface area is 160 Å². The first-order chi connectivity index (χ1) is 12.9. The summed E-state index contributed by atoms with van der Waals surface area (Å²) in [5.41, 5.74) is 5.68. The van der Waals surface area contributed by atoms with Gasteiger partial charge in [0.15, 0.2) is 18.1 Å². The van der Waals surface area contributed by atoms with Crippen molar-refractivity contribution in [3.63, 3.8) is 0 Å². The molecular formula is C18H17ClN2O6. The molecule has 0 heterocycles. The van der Waals surface area contributed by atoms with E-state index in [1.165, 1.54) is 32.4 Å². The highest BCUT2D eigenvalue weighted by atomic mass is 35.5. The lowest BCUT2D eigenvalue weighted by molar-refractivity contribution is -0.119. The van der Waals surface area contributed by atoms with Crippen LogP contribution in [0.25, 0.3) is 0 Å². The molecule has 142 valence electrons. The maximum Gasteiger partial charge on any atom is 0.339 e. The van der Waals surface area contributed by atoms with Crippen LogP contribution in [0.4, 0.5) is 5.69 Å². The summed E-state index contributed by atoms with van der Waals surface area (Å²) in [4.78, 5) is 35.3. The van der Waals surface area contributed by atoms with Crippen LogP contribution in [-0.4, -0.2) is 38.6 Å². The molecule has 0 saturated heterocycles. The van der Waals surface area contributed by atoms with Gasteiger partial charge in [-0.3, -0.25) is 9.59 Å². The van der Waals surface area contributed by atoms with Crippen LogP contribution in [0.5, 0.6) is 11.5 Å². The number of carbonyl (C=O) groups excluding carboxylic acids is 3. The molecule has 0 aliphatic heterocycles. The van der Waals surface area contributed by atoms with Gasteiger partial charge in [0.2, 0.25) is 0 Å². The summed E-state index contributed by atoms with van der Waals surface area (Å²) in [6.45, 7) is -0.395. The first kappa shape index (κ1) is 20.1. The Kier molecular flexibility index (Phi) is 6.62. The molecule has 0 saturated carbocycles. The average Bonchev–Trinajstić information content (AvgIpc) is 2.65. The van der Waals surface area contributed by atoms with E-state index in [-0.39, 0.29) is 33.3 Å². The Balaban J connectivity index is 2.31. The molecular weight excluding hydrogens is 376 g/mol. The van der Waals surface area contributed by atoms with Crippen LogP contribution in [0.15, 0.2) is 36.4 Å². The minimum absolute atomic E-state index is 0.0574. The zero-order chi connectivity index (χ0) is 20.0. The summed E-state index contributed by atoms with van der Waals surface area (Å²) in [6, 6.07) is 9.13. The van der Waals surface area contributed by atoms with Crippen molar-refractivity contribution >= 4 is 35.1 Å².